The molecule has 1 aromatic rings. The van der Waals surface area contributed by atoms with E-state index >= 15 is 0 Å². The molecule has 0 radical (unpaired) electrons. The number of nitrogens with one attached hydrogen (secondary N) is 1. The minimum absolute atomic E-state index is 0.187. The highest BCUT2D eigenvalue weighted by Crippen LogP contribution is 2.14. The second-order valence-electron chi connectivity index (χ2n) is 3.40. The van der Waals surface area contributed by atoms with Gasteiger partial charge < -0.3 is 9.73 Å². The summed E-state index contributed by atoms with van der Waals surface area (Å²) in [6, 6.07) is 4.11. The highest BCUT2D eigenvalue weighted by molar-refractivity contribution is 7.84. The summed E-state index contributed by atoms with van der Waals surface area (Å²) in [5.41, 5.74) is 0. The van der Waals surface area contributed by atoms with E-state index in [0.717, 1.165) is 18.1 Å². The van der Waals surface area contributed by atoms with Crippen LogP contribution in [0.4, 0.5) is 0 Å². The quantitative estimate of drug-likeness (QED) is 0.811. The Bertz CT molecular complexity index is 309. The molecule has 2 atom stereocenters. The lowest BCUT2D eigenvalue weighted by atomic mass is 10.2. The second kappa shape index (κ2) is 5.32. The number of hydrogen-bond donors (Lipinski definition) is 1. The summed E-state index contributed by atoms with van der Waals surface area (Å²) in [7, 11) is -0.726. The van der Waals surface area contributed by atoms with Crippen LogP contribution in [-0.4, -0.2) is 22.8 Å². The fraction of sp³-hybridized carbons (Fsp3) is 0.600. The third kappa shape index (κ3) is 3.64. The average Bonchev–Trinajstić information content (AvgIpc) is 2.51. The smallest absolute Gasteiger partial charge is 0.120 e. The molecule has 0 saturated carbocycles. The van der Waals surface area contributed by atoms with E-state index in [-0.39, 0.29) is 6.04 Å². The van der Waals surface area contributed by atoms with Gasteiger partial charge in [0.05, 0.1) is 6.04 Å². The van der Waals surface area contributed by atoms with Crippen LogP contribution in [0.25, 0.3) is 0 Å². The first-order valence-corrected chi connectivity index (χ1v) is 6.42. The Morgan fingerprint density at radius 1 is 1.57 bits per heavy atom. The third-order valence-corrected chi connectivity index (χ3v) is 2.81. The molecule has 0 aliphatic heterocycles. The monoisotopic (exact) mass is 215 g/mol. The van der Waals surface area contributed by atoms with Crippen LogP contribution >= 0.6 is 0 Å². The molecular formula is C10H17NO2S. The Hall–Kier alpha value is -0.610. The molecule has 0 bridgehead atoms. The van der Waals surface area contributed by atoms with Gasteiger partial charge in [0.25, 0.3) is 0 Å². The van der Waals surface area contributed by atoms with Gasteiger partial charge in [-0.25, -0.2) is 0 Å². The van der Waals surface area contributed by atoms with Crippen LogP contribution in [0.5, 0.6) is 0 Å². The first kappa shape index (κ1) is 11.5. The van der Waals surface area contributed by atoms with E-state index in [1.807, 2.05) is 26.0 Å². The fourth-order valence-electron chi connectivity index (χ4n) is 1.21. The number of aryl methyl sites for hydroxylation is 1. The molecule has 4 heteroatoms. The fourth-order valence-corrected chi connectivity index (χ4v) is 1.61. The van der Waals surface area contributed by atoms with Gasteiger partial charge in [-0.05, 0) is 26.0 Å². The van der Waals surface area contributed by atoms with Gasteiger partial charge in [-0.3, -0.25) is 4.21 Å². The van der Waals surface area contributed by atoms with Crippen LogP contribution in [0.2, 0.25) is 0 Å². The van der Waals surface area contributed by atoms with E-state index in [1.54, 1.807) is 6.26 Å². The molecule has 0 amide bonds. The molecule has 80 valence electrons. The molecule has 14 heavy (non-hydrogen) atoms. The normalized spacial score (nSPS) is 15.4. The molecule has 1 N–H and O–H groups in total. The van der Waals surface area contributed by atoms with E-state index in [1.165, 1.54) is 0 Å². The molecule has 0 fully saturated rings. The first-order valence-electron chi connectivity index (χ1n) is 4.69. The van der Waals surface area contributed by atoms with Crippen molar-refractivity contribution in [1.82, 2.24) is 5.32 Å². The van der Waals surface area contributed by atoms with Crippen LogP contribution in [0, 0.1) is 6.92 Å². The van der Waals surface area contributed by atoms with E-state index in [4.69, 9.17) is 4.42 Å². The Morgan fingerprint density at radius 3 is 2.79 bits per heavy atom. The average molecular weight is 215 g/mol. The molecule has 1 heterocycles. The lowest BCUT2D eigenvalue weighted by molar-refractivity contribution is 0.422. The molecule has 1 rings (SSSR count). The van der Waals surface area contributed by atoms with Crippen LogP contribution in [0.15, 0.2) is 16.5 Å². The maximum absolute atomic E-state index is 10.8. The highest BCUT2D eigenvalue weighted by atomic mass is 32.2. The molecular weight excluding hydrogens is 198 g/mol. The van der Waals surface area contributed by atoms with Crippen molar-refractivity contribution in [2.75, 3.05) is 18.6 Å². The zero-order valence-electron chi connectivity index (χ0n) is 8.87. The van der Waals surface area contributed by atoms with Crippen molar-refractivity contribution in [3.63, 3.8) is 0 Å². The minimum atomic E-state index is -0.726. The molecule has 0 aliphatic rings. The maximum Gasteiger partial charge on any atom is 0.120 e. The lowest BCUT2D eigenvalue weighted by Gasteiger charge is -2.10. The SMILES string of the molecule is Cc1ccc(C(C)NCCS(C)=O)o1. The van der Waals surface area contributed by atoms with Crippen LogP contribution < -0.4 is 5.32 Å². The van der Waals surface area contributed by atoms with E-state index in [9.17, 15) is 4.21 Å². The number of rotatable bonds is 5. The molecule has 0 saturated heterocycles. The summed E-state index contributed by atoms with van der Waals surface area (Å²) >= 11 is 0. The molecule has 3 nitrogen and oxygen atoms in total. The van der Waals surface area contributed by atoms with E-state index < -0.39 is 10.8 Å². The summed E-state index contributed by atoms with van der Waals surface area (Å²) in [6.07, 6.45) is 1.71. The molecule has 0 spiro atoms. The topological polar surface area (TPSA) is 42.2 Å². The summed E-state index contributed by atoms with van der Waals surface area (Å²) in [6.45, 7) is 4.72. The van der Waals surface area contributed by atoms with Crippen molar-refractivity contribution in [3.05, 3.63) is 23.7 Å². The van der Waals surface area contributed by atoms with Gasteiger partial charge >= 0.3 is 0 Å². The predicted octanol–water partition coefficient (Wildman–Crippen LogP) is 1.62. The second-order valence-corrected chi connectivity index (χ2v) is 4.96. The molecule has 1 aromatic heterocycles. The van der Waals surface area contributed by atoms with E-state index in [0.29, 0.717) is 5.75 Å². The van der Waals surface area contributed by atoms with Gasteiger partial charge in [0.15, 0.2) is 0 Å². The lowest BCUT2D eigenvalue weighted by Crippen LogP contribution is -2.23. The van der Waals surface area contributed by atoms with Crippen molar-refractivity contribution in [1.29, 1.82) is 0 Å². The first-order chi connectivity index (χ1) is 6.59. The van der Waals surface area contributed by atoms with Crippen molar-refractivity contribution in [3.8, 4) is 0 Å². The Labute approximate surface area is 87.3 Å². The summed E-state index contributed by atoms with van der Waals surface area (Å²) in [5.74, 6) is 2.54. The van der Waals surface area contributed by atoms with Gasteiger partial charge in [0, 0.05) is 29.4 Å². The predicted molar refractivity (Wildman–Crippen MR) is 58.8 cm³/mol. The Kier molecular flexibility index (Phi) is 4.35. The Balaban J connectivity index is 2.35. The van der Waals surface area contributed by atoms with Gasteiger partial charge in [-0.1, -0.05) is 0 Å². The van der Waals surface area contributed by atoms with Crippen molar-refractivity contribution < 1.29 is 8.63 Å². The van der Waals surface area contributed by atoms with Gasteiger partial charge in [0.2, 0.25) is 0 Å². The van der Waals surface area contributed by atoms with Crippen LogP contribution in [-0.2, 0) is 10.8 Å². The van der Waals surface area contributed by atoms with Crippen molar-refractivity contribution in [2.45, 2.75) is 19.9 Å². The molecule has 2 unspecified atom stereocenters. The van der Waals surface area contributed by atoms with Gasteiger partial charge in [0.1, 0.15) is 11.5 Å². The molecule has 0 aromatic carbocycles. The standard InChI is InChI=1S/C10H17NO2S/c1-8-4-5-10(13-8)9(2)11-6-7-14(3)12/h4-5,9,11H,6-7H2,1-3H3. The Morgan fingerprint density at radius 2 is 2.29 bits per heavy atom. The zero-order valence-corrected chi connectivity index (χ0v) is 9.69. The third-order valence-electron chi connectivity index (χ3n) is 2.03. The summed E-state index contributed by atoms with van der Waals surface area (Å²) in [5, 5.41) is 3.26. The van der Waals surface area contributed by atoms with Crippen LogP contribution in [0.1, 0.15) is 24.5 Å². The maximum atomic E-state index is 10.8. The van der Waals surface area contributed by atoms with Crippen LogP contribution in [0.3, 0.4) is 0 Å². The summed E-state index contributed by atoms with van der Waals surface area (Å²) < 4.78 is 16.3. The van der Waals surface area contributed by atoms with Gasteiger partial charge in [-0.2, -0.15) is 0 Å². The van der Waals surface area contributed by atoms with E-state index in [2.05, 4.69) is 5.32 Å². The number of furan rings is 1. The number of hydrogen-bond acceptors (Lipinski definition) is 3. The van der Waals surface area contributed by atoms with Gasteiger partial charge in [-0.15, -0.1) is 0 Å². The highest BCUT2D eigenvalue weighted by Gasteiger charge is 2.07. The summed E-state index contributed by atoms with van der Waals surface area (Å²) in [4.78, 5) is 0. The largest absolute Gasteiger partial charge is 0.465 e. The van der Waals surface area contributed by atoms with Crippen molar-refractivity contribution >= 4 is 10.8 Å². The molecule has 0 aliphatic carbocycles. The van der Waals surface area contributed by atoms with Crippen molar-refractivity contribution in [2.24, 2.45) is 0 Å². The zero-order chi connectivity index (χ0) is 10.6. The minimum Gasteiger partial charge on any atom is -0.465 e.